The lowest BCUT2D eigenvalue weighted by Crippen LogP contribution is -2.47. The summed E-state index contributed by atoms with van der Waals surface area (Å²) < 4.78 is 28.6. The van der Waals surface area contributed by atoms with E-state index in [0.29, 0.717) is 26.1 Å². The van der Waals surface area contributed by atoms with Gasteiger partial charge >= 0.3 is 5.69 Å². The molecule has 0 spiro atoms. The van der Waals surface area contributed by atoms with Gasteiger partial charge in [-0.1, -0.05) is 6.92 Å². The topological polar surface area (TPSA) is 102 Å². The molecule has 2 heterocycles. The zero-order chi connectivity index (χ0) is 21.8. The molecule has 1 aromatic heterocycles. The van der Waals surface area contributed by atoms with Crippen LogP contribution in [-0.2, 0) is 17.9 Å². The maximum Gasteiger partial charge on any atom is 0.333 e. The van der Waals surface area contributed by atoms with Gasteiger partial charge in [-0.05, 0) is 37.8 Å². The number of aromatic nitrogens is 2. The molecule has 3 N–H and O–H groups in total. The molecule has 10 heteroatoms. The average Bonchev–Trinajstić information content (AvgIpc) is 2.72. The lowest BCUT2D eigenvalue weighted by Gasteiger charge is -2.30. The number of nitrogens with two attached hydrogens (primary N) is 1. The molecule has 1 aliphatic rings. The van der Waals surface area contributed by atoms with Crippen LogP contribution in [0.25, 0.3) is 0 Å². The number of halogens is 2. The number of carbonyl (C=O) groups excluding carboxylic acids is 1. The van der Waals surface area contributed by atoms with Crippen molar-refractivity contribution < 1.29 is 13.6 Å². The largest absolute Gasteiger partial charge is 0.383 e. The van der Waals surface area contributed by atoms with Gasteiger partial charge in [0.15, 0.2) is 11.6 Å². The van der Waals surface area contributed by atoms with Crippen LogP contribution in [0.4, 0.5) is 26.0 Å². The molecule has 0 atom stereocenters. The summed E-state index contributed by atoms with van der Waals surface area (Å²) in [5.74, 6) is -2.77. The lowest BCUT2D eigenvalue weighted by atomic mass is 10.1. The molecule has 2 aromatic rings. The van der Waals surface area contributed by atoms with Crippen molar-refractivity contribution in [1.29, 1.82) is 0 Å². The van der Waals surface area contributed by atoms with E-state index in [4.69, 9.17) is 5.73 Å². The fourth-order valence-electron chi connectivity index (χ4n) is 3.61. The Morgan fingerprint density at radius 2 is 1.80 bits per heavy atom. The van der Waals surface area contributed by atoms with Crippen LogP contribution in [0.1, 0.15) is 32.6 Å². The number of amides is 1. The van der Waals surface area contributed by atoms with E-state index in [-0.39, 0.29) is 17.2 Å². The van der Waals surface area contributed by atoms with Crippen LogP contribution >= 0.6 is 0 Å². The van der Waals surface area contributed by atoms with Crippen molar-refractivity contribution in [3.05, 3.63) is 50.7 Å². The minimum atomic E-state index is -1.12. The monoisotopic (exact) mass is 421 g/mol. The van der Waals surface area contributed by atoms with Crippen molar-refractivity contribution >= 4 is 23.1 Å². The van der Waals surface area contributed by atoms with Crippen LogP contribution in [0, 0.1) is 11.6 Å². The van der Waals surface area contributed by atoms with Crippen LogP contribution in [0.3, 0.4) is 0 Å². The summed E-state index contributed by atoms with van der Waals surface area (Å²) in [5.41, 5.74) is 5.12. The number of hydrogen-bond acceptors (Lipinski definition) is 5. The standard InChI is InChI=1S/C20H25F2N5O3/c1-2-8-26-18(23)17(25-9-4-3-5-10-25)19(29)27(20(26)30)12-16(28)24-13-6-7-14(21)15(22)11-13/h6-7,11H,2-5,8-10,12,23H2,1H3,(H,24,28). The first-order chi connectivity index (χ1) is 14.3. The van der Waals surface area contributed by atoms with Crippen LogP contribution in [0.5, 0.6) is 0 Å². The first kappa shape index (κ1) is 21.5. The second-order valence-corrected chi connectivity index (χ2v) is 7.28. The molecule has 3 rings (SSSR count). The van der Waals surface area contributed by atoms with Gasteiger partial charge in [0.1, 0.15) is 18.1 Å². The van der Waals surface area contributed by atoms with Gasteiger partial charge in [-0.25, -0.2) is 18.1 Å². The summed E-state index contributed by atoms with van der Waals surface area (Å²) in [7, 11) is 0. The van der Waals surface area contributed by atoms with Crippen molar-refractivity contribution in [1.82, 2.24) is 9.13 Å². The van der Waals surface area contributed by atoms with Gasteiger partial charge in [-0.3, -0.25) is 14.2 Å². The molecular weight excluding hydrogens is 396 g/mol. The molecule has 0 radical (unpaired) electrons. The molecular formula is C20H25F2N5O3. The first-order valence-corrected chi connectivity index (χ1v) is 9.96. The van der Waals surface area contributed by atoms with Crippen molar-refractivity contribution in [2.45, 2.75) is 45.7 Å². The van der Waals surface area contributed by atoms with Gasteiger partial charge in [-0.15, -0.1) is 0 Å². The highest BCUT2D eigenvalue weighted by Crippen LogP contribution is 2.21. The van der Waals surface area contributed by atoms with Gasteiger partial charge in [0.05, 0.1) is 0 Å². The maximum absolute atomic E-state index is 13.4. The van der Waals surface area contributed by atoms with Crippen molar-refractivity contribution in [2.75, 3.05) is 29.0 Å². The number of benzene rings is 1. The number of nitrogen functional groups attached to an aromatic ring is 1. The number of piperidine rings is 1. The number of hydrogen-bond donors (Lipinski definition) is 2. The minimum Gasteiger partial charge on any atom is -0.383 e. The molecule has 1 saturated heterocycles. The summed E-state index contributed by atoms with van der Waals surface area (Å²) in [6.07, 6.45) is 3.48. The molecule has 30 heavy (non-hydrogen) atoms. The predicted octanol–water partition coefficient (Wildman–Crippen LogP) is 1.91. The Bertz CT molecular complexity index is 1060. The van der Waals surface area contributed by atoms with Gasteiger partial charge in [0.25, 0.3) is 5.56 Å². The van der Waals surface area contributed by atoms with E-state index in [2.05, 4.69) is 5.32 Å². The molecule has 1 fully saturated rings. The third-order valence-corrected chi connectivity index (χ3v) is 5.07. The Labute approximate surface area is 171 Å². The highest BCUT2D eigenvalue weighted by atomic mass is 19.2. The Kier molecular flexibility index (Phi) is 6.53. The number of anilines is 3. The van der Waals surface area contributed by atoms with E-state index in [1.807, 2.05) is 11.8 Å². The highest BCUT2D eigenvalue weighted by Gasteiger charge is 2.24. The zero-order valence-electron chi connectivity index (χ0n) is 16.8. The highest BCUT2D eigenvalue weighted by molar-refractivity contribution is 5.90. The Balaban J connectivity index is 1.97. The second kappa shape index (κ2) is 9.10. The average molecular weight is 421 g/mol. The summed E-state index contributed by atoms with van der Waals surface area (Å²) >= 11 is 0. The third kappa shape index (κ3) is 4.37. The van der Waals surface area contributed by atoms with E-state index in [1.165, 1.54) is 10.6 Å². The molecule has 8 nitrogen and oxygen atoms in total. The number of nitrogens with one attached hydrogen (secondary N) is 1. The number of rotatable bonds is 6. The van der Waals surface area contributed by atoms with Crippen LogP contribution < -0.4 is 27.2 Å². The third-order valence-electron chi connectivity index (χ3n) is 5.07. The molecule has 1 aromatic carbocycles. The van der Waals surface area contributed by atoms with Gasteiger partial charge < -0.3 is 16.0 Å². The molecule has 162 valence electrons. The first-order valence-electron chi connectivity index (χ1n) is 9.96. The van der Waals surface area contributed by atoms with Crippen molar-refractivity contribution in [3.8, 4) is 0 Å². The molecule has 0 aliphatic carbocycles. The lowest BCUT2D eigenvalue weighted by molar-refractivity contribution is -0.116. The Hall–Kier alpha value is -3.17. The van der Waals surface area contributed by atoms with E-state index in [0.717, 1.165) is 36.0 Å². The molecule has 1 aliphatic heterocycles. The predicted molar refractivity (Wildman–Crippen MR) is 111 cm³/mol. The summed E-state index contributed by atoms with van der Waals surface area (Å²) in [6, 6.07) is 2.90. The second-order valence-electron chi connectivity index (χ2n) is 7.28. The fourth-order valence-corrected chi connectivity index (χ4v) is 3.61. The quantitative estimate of drug-likeness (QED) is 0.742. The van der Waals surface area contributed by atoms with E-state index in [1.54, 1.807) is 0 Å². The number of nitrogens with zero attached hydrogens (tertiary/aromatic N) is 3. The Morgan fingerprint density at radius 3 is 2.43 bits per heavy atom. The molecule has 0 bridgehead atoms. The normalized spacial score (nSPS) is 14.0. The zero-order valence-corrected chi connectivity index (χ0v) is 16.8. The van der Waals surface area contributed by atoms with Crippen LogP contribution in [0.15, 0.2) is 27.8 Å². The molecule has 1 amide bonds. The maximum atomic E-state index is 13.4. The van der Waals surface area contributed by atoms with Crippen molar-refractivity contribution in [3.63, 3.8) is 0 Å². The molecule has 0 unspecified atom stereocenters. The van der Waals surface area contributed by atoms with Gasteiger partial charge in [-0.2, -0.15) is 0 Å². The summed E-state index contributed by atoms with van der Waals surface area (Å²) in [6.45, 7) is 2.89. The van der Waals surface area contributed by atoms with E-state index < -0.39 is 35.3 Å². The summed E-state index contributed by atoms with van der Waals surface area (Å²) in [4.78, 5) is 40.3. The fraction of sp³-hybridized carbons (Fsp3) is 0.450. The molecule has 0 saturated carbocycles. The van der Waals surface area contributed by atoms with Crippen molar-refractivity contribution in [2.24, 2.45) is 0 Å². The Morgan fingerprint density at radius 1 is 1.10 bits per heavy atom. The number of carbonyl (C=O) groups is 1. The van der Waals surface area contributed by atoms with Crippen LogP contribution in [-0.4, -0.2) is 28.1 Å². The minimum absolute atomic E-state index is 0.0209. The SMILES string of the molecule is CCCn1c(N)c(N2CCCCC2)c(=O)n(CC(=O)Nc2ccc(F)c(F)c2)c1=O. The summed E-state index contributed by atoms with van der Waals surface area (Å²) in [5, 5.41) is 2.38. The smallest absolute Gasteiger partial charge is 0.333 e. The van der Waals surface area contributed by atoms with Crippen LogP contribution in [0.2, 0.25) is 0 Å². The van der Waals surface area contributed by atoms with E-state index >= 15 is 0 Å². The van der Waals surface area contributed by atoms with Gasteiger partial charge in [0.2, 0.25) is 5.91 Å². The van der Waals surface area contributed by atoms with Gasteiger partial charge in [0, 0.05) is 31.4 Å². The van der Waals surface area contributed by atoms with E-state index in [9.17, 15) is 23.2 Å².